The minimum Gasteiger partial charge on any atom is -0.378 e. The van der Waals surface area contributed by atoms with Gasteiger partial charge in [-0.05, 0) is 90.0 Å². The SMILES string of the molecule is O=C(NCCSCc1c(Cl)cccc1Cl)c1ccc2c(c1)[C@@H]1[C@H]3CC[C@@H](C3)[C@@H]1[C@@H](c1ccccc1)N2. The van der Waals surface area contributed by atoms with Crippen LogP contribution in [0.1, 0.15) is 58.3 Å². The third-order valence-corrected chi connectivity index (χ3v) is 10.0. The normalized spacial score (nSPS) is 25.7. The number of carbonyl (C=O) groups excluding carboxylic acids is 1. The Hall–Kier alpha value is -2.14. The summed E-state index contributed by atoms with van der Waals surface area (Å²) in [5.74, 6) is 4.17. The molecule has 1 heterocycles. The van der Waals surface area contributed by atoms with Crippen molar-refractivity contribution in [3.63, 3.8) is 0 Å². The summed E-state index contributed by atoms with van der Waals surface area (Å²) in [6, 6.07) is 23.1. The summed E-state index contributed by atoms with van der Waals surface area (Å²) in [6.07, 6.45) is 3.97. The lowest BCUT2D eigenvalue weighted by Gasteiger charge is -2.43. The Morgan fingerprint density at radius 3 is 2.56 bits per heavy atom. The Morgan fingerprint density at radius 2 is 1.75 bits per heavy atom. The van der Waals surface area contributed by atoms with E-state index in [0.717, 1.165) is 34.5 Å². The monoisotopic (exact) mass is 536 g/mol. The molecule has 2 N–H and O–H groups in total. The van der Waals surface area contributed by atoms with E-state index in [1.54, 1.807) is 11.8 Å². The van der Waals surface area contributed by atoms with Crippen molar-refractivity contribution >= 4 is 46.6 Å². The maximum Gasteiger partial charge on any atom is 0.251 e. The van der Waals surface area contributed by atoms with E-state index in [4.69, 9.17) is 23.2 Å². The molecule has 1 amide bonds. The van der Waals surface area contributed by atoms with E-state index < -0.39 is 0 Å². The van der Waals surface area contributed by atoms with Gasteiger partial charge >= 0.3 is 0 Å². The Morgan fingerprint density at radius 1 is 0.972 bits per heavy atom. The Bertz CT molecular complexity index is 1250. The van der Waals surface area contributed by atoms with E-state index in [-0.39, 0.29) is 5.91 Å². The second kappa shape index (κ2) is 10.3. The van der Waals surface area contributed by atoms with E-state index in [9.17, 15) is 4.79 Å². The van der Waals surface area contributed by atoms with Crippen LogP contribution < -0.4 is 10.6 Å². The van der Waals surface area contributed by atoms with Gasteiger partial charge in [0.1, 0.15) is 0 Å². The van der Waals surface area contributed by atoms with E-state index in [2.05, 4.69) is 53.1 Å². The number of hydrogen-bond acceptors (Lipinski definition) is 3. The third-order valence-electron chi connectivity index (χ3n) is 8.35. The number of fused-ring (bicyclic) bond motifs is 7. The van der Waals surface area contributed by atoms with Crippen LogP contribution in [0.15, 0.2) is 66.7 Å². The van der Waals surface area contributed by atoms with Gasteiger partial charge in [-0.2, -0.15) is 11.8 Å². The third kappa shape index (κ3) is 4.53. The van der Waals surface area contributed by atoms with Crippen molar-refractivity contribution in [3.05, 3.63) is 99.0 Å². The summed E-state index contributed by atoms with van der Waals surface area (Å²) in [7, 11) is 0. The van der Waals surface area contributed by atoms with E-state index >= 15 is 0 Å². The van der Waals surface area contributed by atoms with Crippen LogP contribution in [0.25, 0.3) is 0 Å². The second-order valence-corrected chi connectivity index (χ2v) is 12.2. The quantitative estimate of drug-likeness (QED) is 0.301. The minimum absolute atomic E-state index is 0.000866. The maximum absolute atomic E-state index is 13.0. The fourth-order valence-electron chi connectivity index (χ4n) is 6.80. The molecule has 3 nitrogen and oxygen atoms in total. The molecule has 3 aromatic rings. The summed E-state index contributed by atoms with van der Waals surface area (Å²) in [5.41, 5.74) is 5.63. The van der Waals surface area contributed by atoms with Crippen molar-refractivity contribution in [1.29, 1.82) is 0 Å². The van der Waals surface area contributed by atoms with Crippen molar-refractivity contribution < 1.29 is 4.79 Å². The van der Waals surface area contributed by atoms with Crippen LogP contribution in [0.2, 0.25) is 10.0 Å². The first kappa shape index (κ1) is 24.2. The van der Waals surface area contributed by atoms with Crippen LogP contribution in [-0.2, 0) is 5.75 Å². The molecule has 186 valence electrons. The molecular formula is C30H30Cl2N2OS. The number of nitrogens with one attached hydrogen (secondary N) is 2. The summed E-state index contributed by atoms with van der Waals surface area (Å²) in [6.45, 7) is 0.605. The summed E-state index contributed by atoms with van der Waals surface area (Å²) < 4.78 is 0. The number of hydrogen-bond donors (Lipinski definition) is 2. The highest BCUT2D eigenvalue weighted by molar-refractivity contribution is 7.98. The number of rotatable bonds is 7. The molecule has 0 radical (unpaired) electrons. The molecule has 2 saturated carbocycles. The summed E-state index contributed by atoms with van der Waals surface area (Å²) in [4.78, 5) is 13.0. The number of amides is 1. The Labute approximate surface area is 227 Å². The van der Waals surface area contributed by atoms with Gasteiger partial charge in [-0.15, -0.1) is 0 Å². The molecule has 6 rings (SSSR count). The molecule has 0 spiro atoms. The fraction of sp³-hybridized carbons (Fsp3) is 0.367. The molecule has 3 aliphatic rings. The molecule has 2 fully saturated rings. The van der Waals surface area contributed by atoms with Gasteiger partial charge in [-0.25, -0.2) is 0 Å². The molecular weight excluding hydrogens is 507 g/mol. The predicted octanol–water partition coefficient (Wildman–Crippen LogP) is 7.95. The average molecular weight is 538 g/mol. The number of carbonyl (C=O) groups is 1. The molecule has 2 aliphatic carbocycles. The van der Waals surface area contributed by atoms with E-state index in [1.165, 1.54) is 36.1 Å². The van der Waals surface area contributed by atoms with Gasteiger partial charge < -0.3 is 10.6 Å². The maximum atomic E-state index is 13.0. The second-order valence-electron chi connectivity index (χ2n) is 10.3. The average Bonchev–Trinajstić information content (AvgIpc) is 3.53. The molecule has 1 aliphatic heterocycles. The van der Waals surface area contributed by atoms with Crippen LogP contribution in [0, 0.1) is 17.8 Å². The van der Waals surface area contributed by atoms with Crippen LogP contribution in [0.3, 0.4) is 0 Å². The van der Waals surface area contributed by atoms with Crippen molar-refractivity contribution in [2.45, 2.75) is 37.0 Å². The first-order valence-electron chi connectivity index (χ1n) is 12.8. The zero-order valence-corrected chi connectivity index (χ0v) is 22.4. The first-order valence-corrected chi connectivity index (χ1v) is 14.8. The number of halogens is 2. The Balaban J connectivity index is 1.13. The minimum atomic E-state index is -0.000866. The Kier molecular flexibility index (Phi) is 6.94. The van der Waals surface area contributed by atoms with E-state index in [1.807, 2.05) is 24.3 Å². The zero-order valence-electron chi connectivity index (χ0n) is 20.1. The highest BCUT2D eigenvalue weighted by atomic mass is 35.5. The van der Waals surface area contributed by atoms with Crippen LogP contribution in [-0.4, -0.2) is 18.2 Å². The van der Waals surface area contributed by atoms with Crippen LogP contribution >= 0.6 is 35.0 Å². The van der Waals surface area contributed by atoms with E-state index in [0.29, 0.717) is 34.5 Å². The fourth-order valence-corrected chi connectivity index (χ4v) is 8.40. The molecule has 6 heteroatoms. The molecule has 0 aromatic heterocycles. The lowest BCUT2D eigenvalue weighted by Crippen LogP contribution is -2.35. The number of benzene rings is 3. The molecule has 0 saturated heterocycles. The standard InChI is InChI=1S/C30H30Cl2N2OS/c31-24-7-4-8-25(32)23(24)17-36-14-13-33-30(35)21-11-12-26-22(16-21)27-19-9-10-20(15-19)28(27)29(34-26)18-5-2-1-3-6-18/h1-8,11-12,16,19-20,27-29,34H,9-10,13-15,17H2,(H,33,35)/t19-,20-,27-,28-,29+/m0/s1. The summed E-state index contributed by atoms with van der Waals surface area (Å²) >= 11 is 14.2. The largest absolute Gasteiger partial charge is 0.378 e. The van der Waals surface area contributed by atoms with Gasteiger partial charge in [0.2, 0.25) is 0 Å². The molecule has 5 atom stereocenters. The highest BCUT2D eigenvalue weighted by Crippen LogP contribution is 2.63. The van der Waals surface area contributed by atoms with Crippen LogP contribution in [0.4, 0.5) is 5.69 Å². The zero-order chi connectivity index (χ0) is 24.6. The van der Waals surface area contributed by atoms with Crippen molar-refractivity contribution in [3.8, 4) is 0 Å². The van der Waals surface area contributed by atoms with Gasteiger partial charge in [-0.3, -0.25) is 4.79 Å². The van der Waals surface area contributed by atoms with Crippen molar-refractivity contribution in [2.75, 3.05) is 17.6 Å². The van der Waals surface area contributed by atoms with Gasteiger partial charge in [0, 0.05) is 39.3 Å². The highest BCUT2D eigenvalue weighted by Gasteiger charge is 2.53. The smallest absolute Gasteiger partial charge is 0.251 e. The molecule has 0 unspecified atom stereocenters. The predicted molar refractivity (Wildman–Crippen MR) is 151 cm³/mol. The lowest BCUT2D eigenvalue weighted by atomic mass is 9.68. The van der Waals surface area contributed by atoms with Gasteiger partial charge in [0.15, 0.2) is 0 Å². The number of anilines is 1. The van der Waals surface area contributed by atoms with Crippen molar-refractivity contribution in [2.24, 2.45) is 17.8 Å². The number of thioether (sulfide) groups is 1. The first-order chi connectivity index (χ1) is 17.6. The molecule has 36 heavy (non-hydrogen) atoms. The van der Waals surface area contributed by atoms with Gasteiger partial charge in [-0.1, -0.05) is 59.6 Å². The van der Waals surface area contributed by atoms with Gasteiger partial charge in [0.05, 0.1) is 6.04 Å². The molecule has 2 bridgehead atoms. The van der Waals surface area contributed by atoms with Crippen LogP contribution in [0.5, 0.6) is 0 Å². The molecule has 3 aromatic carbocycles. The van der Waals surface area contributed by atoms with Crippen molar-refractivity contribution in [1.82, 2.24) is 5.32 Å². The lowest BCUT2D eigenvalue weighted by molar-refractivity contribution is 0.0956. The topological polar surface area (TPSA) is 41.1 Å². The summed E-state index contributed by atoms with van der Waals surface area (Å²) in [5, 5.41) is 8.35. The van der Waals surface area contributed by atoms with Gasteiger partial charge in [0.25, 0.3) is 5.91 Å².